The zero-order valence-electron chi connectivity index (χ0n) is 14.2. The molecule has 3 rings (SSSR count). The predicted molar refractivity (Wildman–Crippen MR) is 94.9 cm³/mol. The Morgan fingerprint density at radius 2 is 2.08 bits per heavy atom. The van der Waals surface area contributed by atoms with Crippen LogP contribution in [0, 0.1) is 0 Å². The first-order chi connectivity index (χ1) is 12.2. The topological polar surface area (TPSA) is 67.6 Å². The van der Waals surface area contributed by atoms with Crippen molar-refractivity contribution in [3.8, 4) is 11.8 Å². The van der Waals surface area contributed by atoms with Gasteiger partial charge in [-0.3, -0.25) is 0 Å². The number of methoxy groups -OCH3 is 1. The first kappa shape index (κ1) is 18.2. The maximum absolute atomic E-state index is 5.72. The molecule has 0 N–H and O–H groups in total. The molecule has 1 aliphatic heterocycles. The minimum Gasteiger partial charge on any atom is -0.497 e. The van der Waals surface area contributed by atoms with Crippen LogP contribution in [0.15, 0.2) is 29.0 Å². The van der Waals surface area contributed by atoms with Crippen LogP contribution in [0.3, 0.4) is 0 Å². The Morgan fingerprint density at radius 1 is 1.24 bits per heavy atom. The highest BCUT2D eigenvalue weighted by Gasteiger charge is 2.14. The average molecular weight is 412 g/mol. The Hall–Kier alpha value is -1.64. The molecule has 1 atom stereocenters. The molecule has 0 radical (unpaired) electrons. The van der Waals surface area contributed by atoms with Crippen molar-refractivity contribution in [3.63, 3.8) is 0 Å². The molecule has 2 heterocycles. The van der Waals surface area contributed by atoms with Crippen LogP contribution in [-0.4, -0.2) is 48.0 Å². The van der Waals surface area contributed by atoms with Gasteiger partial charge in [0.2, 0.25) is 4.73 Å². The lowest BCUT2D eigenvalue weighted by molar-refractivity contribution is -0.165. The smallest absolute Gasteiger partial charge is 0.316 e. The first-order valence-electron chi connectivity index (χ1n) is 8.34. The number of halogens is 1. The third-order valence-electron chi connectivity index (χ3n) is 3.86. The molecule has 7 nitrogen and oxygen atoms in total. The Morgan fingerprint density at radius 3 is 2.80 bits per heavy atom. The summed E-state index contributed by atoms with van der Waals surface area (Å²) in [6.07, 6.45) is 3.09. The highest BCUT2D eigenvalue weighted by molar-refractivity contribution is 9.10. The molecule has 1 aromatic heterocycles. The minimum absolute atomic E-state index is 0.110. The van der Waals surface area contributed by atoms with Gasteiger partial charge in [0.05, 0.1) is 20.3 Å². The summed E-state index contributed by atoms with van der Waals surface area (Å²) < 4.78 is 24.3. The minimum atomic E-state index is -0.110. The lowest BCUT2D eigenvalue weighted by Gasteiger charge is -2.22. The molecule has 1 saturated heterocycles. The predicted octanol–water partition coefficient (Wildman–Crippen LogP) is 3.02. The van der Waals surface area contributed by atoms with E-state index in [0.29, 0.717) is 30.5 Å². The highest BCUT2D eigenvalue weighted by Crippen LogP contribution is 2.17. The second kappa shape index (κ2) is 9.17. The van der Waals surface area contributed by atoms with E-state index in [1.807, 2.05) is 24.3 Å². The molecule has 0 bridgehead atoms. The van der Waals surface area contributed by atoms with E-state index < -0.39 is 0 Å². The van der Waals surface area contributed by atoms with Gasteiger partial charge in [0.1, 0.15) is 12.4 Å². The zero-order valence-corrected chi connectivity index (χ0v) is 15.8. The summed E-state index contributed by atoms with van der Waals surface area (Å²) >= 11 is 3.30. The maximum atomic E-state index is 5.72. The van der Waals surface area contributed by atoms with Crippen molar-refractivity contribution in [2.75, 3.05) is 26.9 Å². The van der Waals surface area contributed by atoms with Crippen molar-refractivity contribution >= 4 is 15.9 Å². The van der Waals surface area contributed by atoms with Crippen molar-refractivity contribution in [3.05, 3.63) is 34.6 Å². The summed E-state index contributed by atoms with van der Waals surface area (Å²) in [5, 5.41) is 4.32. The van der Waals surface area contributed by atoms with Crippen LogP contribution in [0.4, 0.5) is 0 Å². The van der Waals surface area contributed by atoms with Crippen molar-refractivity contribution in [1.82, 2.24) is 14.8 Å². The molecule has 0 saturated carbocycles. The van der Waals surface area contributed by atoms with Crippen molar-refractivity contribution in [1.29, 1.82) is 0 Å². The van der Waals surface area contributed by atoms with Gasteiger partial charge in [-0.2, -0.15) is 4.98 Å². The number of benzene rings is 1. The SMILES string of the molecule is COc1ccc(Cn2nc(Br)nc2OCCOC2CCCCO2)cc1. The first-order valence-corrected chi connectivity index (χ1v) is 9.13. The van der Waals surface area contributed by atoms with Gasteiger partial charge in [-0.05, 0) is 52.9 Å². The molecule has 1 unspecified atom stereocenters. The van der Waals surface area contributed by atoms with Gasteiger partial charge in [-0.1, -0.05) is 12.1 Å². The van der Waals surface area contributed by atoms with Gasteiger partial charge < -0.3 is 18.9 Å². The Labute approximate surface area is 155 Å². The standard InChI is InChI=1S/C17H22BrN3O4/c1-22-14-7-5-13(6-8-14)12-21-17(19-16(18)20-21)25-11-10-24-15-4-2-3-9-23-15/h5-8,15H,2-4,9-12H2,1H3. The Balaban J connectivity index is 1.51. The summed E-state index contributed by atoms with van der Waals surface area (Å²) in [6, 6.07) is 8.26. The van der Waals surface area contributed by atoms with E-state index >= 15 is 0 Å². The Kier molecular flexibility index (Phi) is 6.66. The van der Waals surface area contributed by atoms with Crippen molar-refractivity contribution in [2.45, 2.75) is 32.1 Å². The molecule has 2 aromatic rings. The molecular formula is C17H22BrN3O4. The van der Waals surface area contributed by atoms with Gasteiger partial charge in [0.15, 0.2) is 6.29 Å². The van der Waals surface area contributed by atoms with Crippen LogP contribution >= 0.6 is 15.9 Å². The van der Waals surface area contributed by atoms with Crippen LogP contribution in [0.2, 0.25) is 0 Å². The molecule has 0 aliphatic carbocycles. The van der Waals surface area contributed by atoms with Crippen LogP contribution in [-0.2, 0) is 16.0 Å². The summed E-state index contributed by atoms with van der Waals surface area (Å²) in [5.41, 5.74) is 1.08. The van der Waals surface area contributed by atoms with Gasteiger partial charge in [0, 0.05) is 6.61 Å². The molecular weight excluding hydrogens is 390 g/mol. The molecule has 1 aromatic carbocycles. The number of ether oxygens (including phenoxy) is 4. The largest absolute Gasteiger partial charge is 0.497 e. The maximum Gasteiger partial charge on any atom is 0.316 e. The molecule has 1 fully saturated rings. The quantitative estimate of drug-likeness (QED) is 0.621. The van der Waals surface area contributed by atoms with Crippen LogP contribution in [0.25, 0.3) is 0 Å². The fraction of sp³-hybridized carbons (Fsp3) is 0.529. The van der Waals surface area contributed by atoms with Crippen LogP contribution in [0.1, 0.15) is 24.8 Å². The highest BCUT2D eigenvalue weighted by atomic mass is 79.9. The molecule has 1 aliphatic rings. The van der Waals surface area contributed by atoms with E-state index in [1.54, 1.807) is 11.8 Å². The van der Waals surface area contributed by atoms with Crippen LogP contribution in [0.5, 0.6) is 11.8 Å². The van der Waals surface area contributed by atoms with Gasteiger partial charge in [0.25, 0.3) is 0 Å². The average Bonchev–Trinajstić information content (AvgIpc) is 2.99. The number of hydrogen-bond acceptors (Lipinski definition) is 6. The van der Waals surface area contributed by atoms with E-state index in [9.17, 15) is 0 Å². The molecule has 0 amide bonds. The van der Waals surface area contributed by atoms with Crippen molar-refractivity contribution < 1.29 is 18.9 Å². The number of nitrogens with zero attached hydrogens (tertiary/aromatic N) is 3. The van der Waals surface area contributed by atoms with Gasteiger partial charge >= 0.3 is 6.01 Å². The summed E-state index contributed by atoms with van der Waals surface area (Å²) in [4.78, 5) is 4.26. The summed E-state index contributed by atoms with van der Waals surface area (Å²) in [5.74, 6) is 0.821. The van der Waals surface area contributed by atoms with E-state index in [-0.39, 0.29) is 6.29 Å². The molecule has 25 heavy (non-hydrogen) atoms. The number of hydrogen-bond donors (Lipinski definition) is 0. The van der Waals surface area contributed by atoms with Gasteiger partial charge in [-0.25, -0.2) is 4.68 Å². The van der Waals surface area contributed by atoms with E-state index in [0.717, 1.165) is 37.2 Å². The summed E-state index contributed by atoms with van der Waals surface area (Å²) in [7, 11) is 1.65. The van der Waals surface area contributed by atoms with Gasteiger partial charge in [-0.15, -0.1) is 5.10 Å². The second-order valence-corrected chi connectivity index (χ2v) is 6.39. The number of rotatable bonds is 8. The molecule has 136 valence electrons. The fourth-order valence-corrected chi connectivity index (χ4v) is 2.91. The van der Waals surface area contributed by atoms with E-state index in [1.165, 1.54) is 0 Å². The third-order valence-corrected chi connectivity index (χ3v) is 4.20. The molecule has 0 spiro atoms. The monoisotopic (exact) mass is 411 g/mol. The third kappa shape index (κ3) is 5.42. The normalized spacial score (nSPS) is 17.4. The Bertz CT molecular complexity index is 656. The lowest BCUT2D eigenvalue weighted by Crippen LogP contribution is -2.24. The van der Waals surface area contributed by atoms with E-state index in [2.05, 4.69) is 26.0 Å². The second-order valence-electron chi connectivity index (χ2n) is 5.68. The lowest BCUT2D eigenvalue weighted by atomic mass is 10.2. The zero-order chi connectivity index (χ0) is 17.5. The number of aromatic nitrogens is 3. The summed E-state index contributed by atoms with van der Waals surface area (Å²) in [6.45, 7) is 2.18. The van der Waals surface area contributed by atoms with Crippen molar-refractivity contribution in [2.24, 2.45) is 0 Å². The van der Waals surface area contributed by atoms with Crippen LogP contribution < -0.4 is 9.47 Å². The van der Waals surface area contributed by atoms with E-state index in [4.69, 9.17) is 18.9 Å². The fourth-order valence-electron chi connectivity index (χ4n) is 2.57. The molecule has 8 heteroatoms.